The Morgan fingerprint density at radius 1 is 0.875 bits per heavy atom. The third-order valence-electron chi connectivity index (χ3n) is 6.02. The molecule has 1 fully saturated rings. The Labute approximate surface area is 187 Å². The van der Waals surface area contributed by atoms with Crippen molar-refractivity contribution in [1.29, 1.82) is 0 Å². The summed E-state index contributed by atoms with van der Waals surface area (Å²) in [5.41, 5.74) is 5.22. The Hall–Kier alpha value is -3.55. The fraction of sp³-hybridized carbons (Fsp3) is 0.240. The van der Waals surface area contributed by atoms with Gasteiger partial charge < -0.3 is 10.0 Å². The Balaban J connectivity index is 1.37. The normalized spacial score (nSPS) is 15.6. The van der Waals surface area contributed by atoms with Crippen molar-refractivity contribution in [3.05, 3.63) is 96.1 Å². The first-order valence-corrected chi connectivity index (χ1v) is 10.9. The topological polar surface area (TPSA) is 81.2 Å². The standard InChI is InChI=1S/C25H26N6O/c32-18-19-6-8-20(9-7-19)23-25(27-11-10-26-23)31-14-12-30(13-15-31)24(22-16-28-29-17-22)21-4-2-1-3-5-21/h1-11,16-17,24,32H,12-15,18H2,(H,28,29). The number of benzene rings is 2. The second-order valence-electron chi connectivity index (χ2n) is 7.95. The van der Waals surface area contributed by atoms with Crippen LogP contribution in [0.2, 0.25) is 0 Å². The molecule has 0 saturated carbocycles. The molecule has 0 radical (unpaired) electrons. The first-order chi connectivity index (χ1) is 15.8. The second-order valence-corrected chi connectivity index (χ2v) is 7.95. The molecule has 0 amide bonds. The van der Waals surface area contributed by atoms with Gasteiger partial charge >= 0.3 is 0 Å². The summed E-state index contributed by atoms with van der Waals surface area (Å²) in [6, 6.07) is 18.6. The molecule has 0 spiro atoms. The van der Waals surface area contributed by atoms with Crippen LogP contribution >= 0.6 is 0 Å². The molecule has 1 aliphatic rings. The molecule has 3 heterocycles. The number of aliphatic hydroxyl groups excluding tert-OH is 1. The van der Waals surface area contributed by atoms with E-state index in [0.29, 0.717) is 0 Å². The van der Waals surface area contributed by atoms with E-state index in [9.17, 15) is 5.11 Å². The van der Waals surface area contributed by atoms with Crippen molar-refractivity contribution in [2.24, 2.45) is 0 Å². The van der Waals surface area contributed by atoms with Gasteiger partial charge in [-0.15, -0.1) is 0 Å². The molecule has 1 saturated heterocycles. The Kier molecular flexibility index (Phi) is 5.91. The van der Waals surface area contributed by atoms with Crippen LogP contribution in [0.15, 0.2) is 79.4 Å². The zero-order chi connectivity index (χ0) is 21.8. The van der Waals surface area contributed by atoms with Crippen molar-refractivity contribution >= 4 is 5.82 Å². The summed E-state index contributed by atoms with van der Waals surface area (Å²) in [6.45, 7) is 3.58. The number of aromatic amines is 1. The van der Waals surface area contributed by atoms with E-state index in [-0.39, 0.29) is 12.6 Å². The van der Waals surface area contributed by atoms with Gasteiger partial charge in [0.05, 0.1) is 18.8 Å². The van der Waals surface area contributed by atoms with E-state index >= 15 is 0 Å². The monoisotopic (exact) mass is 426 g/mol. The summed E-state index contributed by atoms with van der Waals surface area (Å²) in [5, 5.41) is 16.5. The molecule has 2 aromatic carbocycles. The van der Waals surface area contributed by atoms with E-state index < -0.39 is 0 Å². The number of piperazine rings is 1. The van der Waals surface area contributed by atoms with E-state index in [4.69, 9.17) is 0 Å². The Morgan fingerprint density at radius 2 is 1.62 bits per heavy atom. The molecule has 4 aromatic rings. The molecule has 2 N–H and O–H groups in total. The van der Waals surface area contributed by atoms with Crippen LogP contribution in [0.1, 0.15) is 22.7 Å². The summed E-state index contributed by atoms with van der Waals surface area (Å²) in [7, 11) is 0. The third kappa shape index (κ3) is 4.12. The van der Waals surface area contributed by atoms with Gasteiger partial charge in [0.15, 0.2) is 5.82 Å². The molecule has 7 nitrogen and oxygen atoms in total. The number of rotatable bonds is 6. The molecule has 1 unspecified atom stereocenters. The first-order valence-electron chi connectivity index (χ1n) is 10.9. The fourth-order valence-electron chi connectivity index (χ4n) is 4.39. The van der Waals surface area contributed by atoms with Crippen LogP contribution in [-0.2, 0) is 6.61 Å². The molecule has 5 rings (SSSR count). The predicted molar refractivity (Wildman–Crippen MR) is 124 cm³/mol. The van der Waals surface area contributed by atoms with Crippen LogP contribution in [0.5, 0.6) is 0 Å². The molecular formula is C25H26N6O. The number of nitrogens with zero attached hydrogens (tertiary/aromatic N) is 5. The molecule has 1 aliphatic heterocycles. The highest BCUT2D eigenvalue weighted by molar-refractivity contribution is 5.72. The lowest BCUT2D eigenvalue weighted by molar-refractivity contribution is 0.212. The molecule has 0 bridgehead atoms. The van der Waals surface area contributed by atoms with Gasteiger partial charge in [-0.3, -0.25) is 15.0 Å². The minimum absolute atomic E-state index is 0.0365. The maximum Gasteiger partial charge on any atom is 0.155 e. The number of H-pyrrole nitrogens is 1. The molecule has 32 heavy (non-hydrogen) atoms. The molecule has 0 aliphatic carbocycles. The van der Waals surface area contributed by atoms with E-state index in [1.165, 1.54) is 11.1 Å². The minimum atomic E-state index is 0.0365. The van der Waals surface area contributed by atoms with Crippen molar-refractivity contribution in [1.82, 2.24) is 25.1 Å². The highest BCUT2D eigenvalue weighted by atomic mass is 16.3. The average molecular weight is 427 g/mol. The van der Waals surface area contributed by atoms with Gasteiger partial charge in [-0.2, -0.15) is 5.10 Å². The van der Waals surface area contributed by atoms with E-state index in [2.05, 4.69) is 60.3 Å². The summed E-state index contributed by atoms with van der Waals surface area (Å²) in [4.78, 5) is 14.1. The first kappa shape index (κ1) is 20.4. The van der Waals surface area contributed by atoms with Gasteiger partial charge in [0.2, 0.25) is 0 Å². The van der Waals surface area contributed by atoms with E-state index in [1.807, 2.05) is 36.7 Å². The number of aromatic nitrogens is 4. The molecule has 162 valence electrons. The number of hydrogen-bond acceptors (Lipinski definition) is 6. The summed E-state index contributed by atoms with van der Waals surface area (Å²) >= 11 is 0. The number of anilines is 1. The maximum atomic E-state index is 9.33. The fourth-order valence-corrected chi connectivity index (χ4v) is 4.39. The van der Waals surface area contributed by atoms with Crippen molar-refractivity contribution in [3.8, 4) is 11.3 Å². The van der Waals surface area contributed by atoms with Crippen LogP contribution in [0.4, 0.5) is 5.82 Å². The van der Waals surface area contributed by atoms with Crippen LogP contribution in [0, 0.1) is 0 Å². The van der Waals surface area contributed by atoms with Gasteiger partial charge in [0.25, 0.3) is 0 Å². The number of hydrogen-bond donors (Lipinski definition) is 2. The van der Waals surface area contributed by atoms with Gasteiger partial charge in [-0.05, 0) is 11.1 Å². The van der Waals surface area contributed by atoms with Crippen LogP contribution < -0.4 is 4.90 Å². The van der Waals surface area contributed by atoms with Gasteiger partial charge in [0.1, 0.15) is 5.69 Å². The van der Waals surface area contributed by atoms with Crippen molar-refractivity contribution in [2.45, 2.75) is 12.6 Å². The SMILES string of the molecule is OCc1ccc(-c2nccnc2N2CCN(C(c3ccccc3)c3cn[nH]c3)CC2)cc1. The zero-order valence-electron chi connectivity index (χ0n) is 17.8. The second kappa shape index (κ2) is 9.30. The van der Waals surface area contributed by atoms with Gasteiger partial charge in [-0.1, -0.05) is 54.6 Å². The maximum absolute atomic E-state index is 9.33. The zero-order valence-corrected chi connectivity index (χ0v) is 17.8. The van der Waals surface area contributed by atoms with Crippen molar-refractivity contribution < 1.29 is 5.11 Å². The molecular weight excluding hydrogens is 400 g/mol. The van der Waals surface area contributed by atoms with E-state index in [0.717, 1.165) is 48.8 Å². The van der Waals surface area contributed by atoms with Crippen LogP contribution in [-0.4, -0.2) is 56.4 Å². The molecule has 7 heteroatoms. The average Bonchev–Trinajstić information content (AvgIpc) is 3.40. The third-order valence-corrected chi connectivity index (χ3v) is 6.02. The number of aliphatic hydroxyl groups is 1. The Morgan fingerprint density at radius 3 is 2.31 bits per heavy atom. The van der Waals surface area contributed by atoms with Gasteiger partial charge in [-0.25, -0.2) is 4.98 Å². The predicted octanol–water partition coefficient (Wildman–Crippen LogP) is 3.27. The highest BCUT2D eigenvalue weighted by Crippen LogP contribution is 2.32. The van der Waals surface area contributed by atoms with Crippen LogP contribution in [0.25, 0.3) is 11.3 Å². The highest BCUT2D eigenvalue weighted by Gasteiger charge is 2.28. The van der Waals surface area contributed by atoms with Gasteiger partial charge in [0, 0.05) is 55.9 Å². The van der Waals surface area contributed by atoms with Crippen LogP contribution in [0.3, 0.4) is 0 Å². The van der Waals surface area contributed by atoms with E-state index in [1.54, 1.807) is 12.4 Å². The Bertz CT molecular complexity index is 1120. The lowest BCUT2D eigenvalue weighted by Crippen LogP contribution is -2.48. The number of nitrogens with one attached hydrogen (secondary N) is 1. The summed E-state index contributed by atoms with van der Waals surface area (Å²) in [6.07, 6.45) is 7.40. The van der Waals surface area contributed by atoms with Crippen molar-refractivity contribution in [2.75, 3.05) is 31.1 Å². The quantitative estimate of drug-likeness (QED) is 0.493. The molecule has 2 aromatic heterocycles. The smallest absolute Gasteiger partial charge is 0.155 e. The molecule has 1 atom stereocenters. The minimum Gasteiger partial charge on any atom is -0.392 e. The lowest BCUT2D eigenvalue weighted by atomic mass is 9.99. The van der Waals surface area contributed by atoms with Crippen molar-refractivity contribution in [3.63, 3.8) is 0 Å². The largest absolute Gasteiger partial charge is 0.392 e. The summed E-state index contributed by atoms with van der Waals surface area (Å²) < 4.78 is 0. The summed E-state index contributed by atoms with van der Waals surface area (Å²) in [5.74, 6) is 0.906. The lowest BCUT2D eigenvalue weighted by Gasteiger charge is -2.40.